The molecule has 0 bridgehead atoms. The second-order valence-electron chi connectivity index (χ2n) is 9.77. The Labute approximate surface area is 161 Å². The van der Waals surface area contributed by atoms with E-state index in [-0.39, 0.29) is 5.91 Å². The molecule has 6 heteroatoms. The number of fused-ring (bicyclic) bond motifs is 1. The van der Waals surface area contributed by atoms with Crippen LogP contribution in [0.2, 0.25) is 0 Å². The van der Waals surface area contributed by atoms with E-state index in [4.69, 9.17) is 0 Å². The highest BCUT2D eigenvalue weighted by atomic mass is 16.2. The van der Waals surface area contributed by atoms with Crippen LogP contribution in [0, 0.1) is 17.3 Å². The van der Waals surface area contributed by atoms with Gasteiger partial charge in [-0.15, -0.1) is 0 Å². The van der Waals surface area contributed by atoms with Crippen molar-refractivity contribution in [2.24, 2.45) is 17.3 Å². The number of hydrogen-bond donors (Lipinski definition) is 0. The summed E-state index contributed by atoms with van der Waals surface area (Å²) in [5.74, 6) is 3.12. The van der Waals surface area contributed by atoms with Crippen molar-refractivity contribution >= 4 is 11.6 Å². The Kier molecular flexibility index (Phi) is 3.97. The summed E-state index contributed by atoms with van der Waals surface area (Å²) in [6.07, 6.45) is 6.61. The van der Waals surface area contributed by atoms with Crippen LogP contribution in [0.3, 0.4) is 0 Å². The van der Waals surface area contributed by atoms with Crippen LogP contribution in [0.1, 0.15) is 45.4 Å². The zero-order valence-electron chi connectivity index (χ0n) is 16.8. The molecule has 0 unspecified atom stereocenters. The molecule has 1 spiro atoms. The maximum Gasteiger partial charge on any atom is 0.219 e. The van der Waals surface area contributed by atoms with Crippen molar-refractivity contribution in [1.82, 2.24) is 19.8 Å². The molecule has 1 aromatic heterocycles. The average Bonchev–Trinajstić information content (AvgIpc) is 3.11. The maximum atomic E-state index is 11.4. The number of nitrogens with zero attached hydrogens (tertiary/aromatic N) is 5. The van der Waals surface area contributed by atoms with Gasteiger partial charge < -0.3 is 9.80 Å². The molecule has 4 fully saturated rings. The summed E-state index contributed by atoms with van der Waals surface area (Å²) in [5, 5.41) is 0. The summed E-state index contributed by atoms with van der Waals surface area (Å²) in [6.45, 7) is 12.7. The summed E-state index contributed by atoms with van der Waals surface area (Å²) in [6, 6.07) is 0.756. The molecular formula is C21H31N5O. The summed E-state index contributed by atoms with van der Waals surface area (Å²) in [7, 11) is 0. The van der Waals surface area contributed by atoms with E-state index >= 15 is 0 Å². The van der Waals surface area contributed by atoms with E-state index in [0.29, 0.717) is 11.3 Å². The number of hydrogen-bond acceptors (Lipinski definition) is 5. The summed E-state index contributed by atoms with van der Waals surface area (Å²) < 4.78 is 0. The molecule has 27 heavy (non-hydrogen) atoms. The lowest BCUT2D eigenvalue weighted by molar-refractivity contribution is -0.154. The predicted octanol–water partition coefficient (Wildman–Crippen LogP) is 1.98. The van der Waals surface area contributed by atoms with Gasteiger partial charge >= 0.3 is 0 Å². The van der Waals surface area contributed by atoms with Gasteiger partial charge in [0.2, 0.25) is 5.91 Å². The number of likely N-dealkylation sites (tertiary alicyclic amines) is 2. The Hall–Kier alpha value is -1.69. The van der Waals surface area contributed by atoms with E-state index in [9.17, 15) is 4.79 Å². The Morgan fingerprint density at radius 1 is 1.07 bits per heavy atom. The molecular weight excluding hydrogens is 338 g/mol. The van der Waals surface area contributed by atoms with Crippen LogP contribution in [0.4, 0.5) is 5.69 Å². The van der Waals surface area contributed by atoms with E-state index in [1.54, 1.807) is 6.92 Å². The van der Waals surface area contributed by atoms with Crippen LogP contribution in [0.5, 0.6) is 0 Å². The number of aromatic nitrogens is 2. The zero-order chi connectivity index (χ0) is 18.8. The second-order valence-corrected chi connectivity index (χ2v) is 9.77. The van der Waals surface area contributed by atoms with Crippen molar-refractivity contribution in [3.63, 3.8) is 0 Å². The number of rotatable bonds is 3. The first-order valence-electron chi connectivity index (χ1n) is 10.5. The average molecular weight is 370 g/mol. The van der Waals surface area contributed by atoms with E-state index in [1.807, 2.05) is 17.3 Å². The van der Waals surface area contributed by atoms with E-state index < -0.39 is 0 Å². The van der Waals surface area contributed by atoms with Gasteiger partial charge in [-0.25, -0.2) is 9.97 Å². The Morgan fingerprint density at radius 3 is 2.19 bits per heavy atom. The first-order chi connectivity index (χ1) is 12.9. The molecule has 1 saturated carbocycles. The smallest absolute Gasteiger partial charge is 0.219 e. The van der Waals surface area contributed by atoms with E-state index in [2.05, 4.69) is 33.6 Å². The fourth-order valence-corrected chi connectivity index (χ4v) is 5.77. The van der Waals surface area contributed by atoms with Crippen molar-refractivity contribution < 1.29 is 4.79 Å². The molecule has 4 heterocycles. The van der Waals surface area contributed by atoms with Crippen LogP contribution >= 0.6 is 0 Å². The molecule has 3 saturated heterocycles. The molecule has 0 aromatic carbocycles. The van der Waals surface area contributed by atoms with Gasteiger partial charge in [-0.2, -0.15) is 0 Å². The molecule has 3 aliphatic heterocycles. The van der Waals surface area contributed by atoms with Gasteiger partial charge in [0.15, 0.2) is 0 Å². The van der Waals surface area contributed by atoms with Crippen molar-refractivity contribution in [2.75, 3.05) is 44.2 Å². The van der Waals surface area contributed by atoms with Crippen LogP contribution in [-0.4, -0.2) is 71.0 Å². The molecule has 2 atom stereocenters. The third-order valence-electron chi connectivity index (χ3n) is 7.41. The van der Waals surface area contributed by atoms with Crippen LogP contribution in [-0.2, 0) is 4.79 Å². The third-order valence-corrected chi connectivity index (χ3v) is 7.41. The third kappa shape index (κ3) is 2.93. The van der Waals surface area contributed by atoms with Crippen molar-refractivity contribution in [2.45, 2.75) is 45.6 Å². The van der Waals surface area contributed by atoms with Crippen molar-refractivity contribution in [1.29, 1.82) is 0 Å². The quantitative estimate of drug-likeness (QED) is 0.815. The van der Waals surface area contributed by atoms with Crippen molar-refractivity contribution in [3.05, 3.63) is 18.2 Å². The molecule has 1 aromatic rings. The topological polar surface area (TPSA) is 52.6 Å². The highest BCUT2D eigenvalue weighted by Crippen LogP contribution is 2.51. The SMILES string of the molecule is CC(=O)N1CC2(CC(N3C[C@H]4CN(c5cnc(C(C)C)nc5)C[C@H]4C3)C2)C1. The molecule has 4 aliphatic rings. The Balaban J connectivity index is 1.13. The lowest BCUT2D eigenvalue weighted by Gasteiger charge is -2.60. The van der Waals surface area contributed by atoms with Gasteiger partial charge in [0.25, 0.3) is 0 Å². The van der Waals surface area contributed by atoms with Gasteiger partial charge in [-0.05, 0) is 24.7 Å². The minimum atomic E-state index is 0.241. The maximum absolute atomic E-state index is 11.4. The summed E-state index contributed by atoms with van der Waals surface area (Å²) >= 11 is 0. The molecule has 0 radical (unpaired) electrons. The minimum absolute atomic E-state index is 0.241. The number of carbonyl (C=O) groups excluding carboxylic acids is 1. The van der Waals surface area contributed by atoms with Crippen LogP contribution < -0.4 is 4.90 Å². The van der Waals surface area contributed by atoms with Crippen LogP contribution in [0.25, 0.3) is 0 Å². The molecule has 6 nitrogen and oxygen atoms in total. The largest absolute Gasteiger partial charge is 0.368 e. The molecule has 146 valence electrons. The minimum Gasteiger partial charge on any atom is -0.368 e. The number of carbonyl (C=O) groups is 1. The molecule has 1 aliphatic carbocycles. The van der Waals surface area contributed by atoms with Gasteiger partial charge in [-0.1, -0.05) is 13.8 Å². The van der Waals surface area contributed by atoms with Gasteiger partial charge in [-0.3, -0.25) is 9.69 Å². The summed E-state index contributed by atoms with van der Waals surface area (Å²) in [4.78, 5) is 27.7. The normalized spacial score (nSPS) is 29.9. The lowest BCUT2D eigenvalue weighted by atomic mass is 9.60. The lowest BCUT2D eigenvalue weighted by Crippen LogP contribution is -2.67. The molecule has 5 rings (SSSR count). The van der Waals surface area contributed by atoms with Gasteiger partial charge in [0.05, 0.1) is 18.1 Å². The molecule has 1 amide bonds. The van der Waals surface area contributed by atoms with E-state index in [0.717, 1.165) is 49.9 Å². The Morgan fingerprint density at radius 2 is 1.67 bits per heavy atom. The fraction of sp³-hybridized carbons (Fsp3) is 0.762. The highest BCUT2D eigenvalue weighted by Gasteiger charge is 2.56. The van der Waals surface area contributed by atoms with Gasteiger partial charge in [0.1, 0.15) is 5.82 Å². The fourth-order valence-electron chi connectivity index (χ4n) is 5.77. The monoisotopic (exact) mass is 369 g/mol. The summed E-state index contributed by atoms with van der Waals surface area (Å²) in [5.41, 5.74) is 1.65. The Bertz CT molecular complexity index is 705. The predicted molar refractivity (Wildman–Crippen MR) is 105 cm³/mol. The van der Waals surface area contributed by atoms with Crippen molar-refractivity contribution in [3.8, 4) is 0 Å². The first-order valence-corrected chi connectivity index (χ1v) is 10.5. The highest BCUT2D eigenvalue weighted by molar-refractivity contribution is 5.74. The number of anilines is 1. The standard InChI is InChI=1S/C21H31N5O/c1-14(2)20-22-6-19(7-23-20)25-10-16-8-24(9-17(16)11-25)18-4-21(5-18)12-26(13-21)15(3)27/h6-7,14,16-18H,4-5,8-13H2,1-3H3/t16-,17+. The van der Waals surface area contributed by atoms with E-state index in [1.165, 1.54) is 31.6 Å². The first kappa shape index (κ1) is 17.4. The van der Waals surface area contributed by atoms with Crippen LogP contribution in [0.15, 0.2) is 12.4 Å². The zero-order valence-corrected chi connectivity index (χ0v) is 16.8. The second kappa shape index (κ2) is 6.16. The van der Waals surface area contributed by atoms with Gasteiger partial charge in [0, 0.05) is 63.6 Å². The molecule has 0 N–H and O–H groups in total. The number of amides is 1.